The Morgan fingerprint density at radius 2 is 2.22 bits per heavy atom. The number of likely N-dealkylation sites (N-methyl/N-ethyl adjacent to an activating group) is 1. The van der Waals surface area contributed by atoms with Gasteiger partial charge in [0.15, 0.2) is 0 Å². The van der Waals surface area contributed by atoms with Crippen LogP contribution in [0.3, 0.4) is 0 Å². The summed E-state index contributed by atoms with van der Waals surface area (Å²) < 4.78 is 0. The molecule has 0 aromatic heterocycles. The van der Waals surface area contributed by atoms with Crippen LogP contribution < -0.4 is 0 Å². The fourth-order valence-electron chi connectivity index (χ4n) is 2.19. The average molecular weight is 254 g/mol. The van der Waals surface area contributed by atoms with E-state index in [4.69, 9.17) is 5.11 Å². The highest BCUT2D eigenvalue weighted by Gasteiger charge is 2.20. The van der Waals surface area contributed by atoms with Crippen molar-refractivity contribution in [3.63, 3.8) is 0 Å². The van der Waals surface area contributed by atoms with Gasteiger partial charge in [0.2, 0.25) is 5.91 Å². The van der Waals surface area contributed by atoms with E-state index in [1.165, 1.54) is 0 Å². The van der Waals surface area contributed by atoms with Crippen LogP contribution in [0.5, 0.6) is 0 Å². The molecule has 0 saturated heterocycles. The number of carbonyl (C=O) groups excluding carboxylic acids is 1. The summed E-state index contributed by atoms with van der Waals surface area (Å²) in [5.41, 5.74) is 1.16. The van der Waals surface area contributed by atoms with E-state index in [1.54, 1.807) is 4.90 Å². The van der Waals surface area contributed by atoms with E-state index < -0.39 is 0 Å². The Balaban J connectivity index is 2.49. The normalized spacial score (nSPS) is 15.3. The van der Waals surface area contributed by atoms with Gasteiger partial charge in [0.25, 0.3) is 0 Å². The minimum atomic E-state index is 0.148. The second kappa shape index (κ2) is 7.54. The van der Waals surface area contributed by atoms with Gasteiger partial charge in [-0.15, -0.1) is 0 Å². The second-order valence-corrected chi connectivity index (χ2v) is 5.18. The van der Waals surface area contributed by atoms with Crippen molar-refractivity contribution in [2.75, 3.05) is 26.7 Å². The van der Waals surface area contributed by atoms with Gasteiger partial charge in [-0.2, -0.15) is 0 Å². The molecule has 0 saturated carbocycles. The largest absolute Gasteiger partial charge is 0.396 e. The average Bonchev–Trinajstić information content (AvgIpc) is 2.86. The fraction of sp³-hybridized carbons (Fsp3) is 0.786. The van der Waals surface area contributed by atoms with Crippen molar-refractivity contribution in [2.24, 2.45) is 0 Å². The number of amides is 1. The van der Waals surface area contributed by atoms with Crippen LogP contribution in [0, 0.1) is 0 Å². The van der Waals surface area contributed by atoms with E-state index in [9.17, 15) is 4.79 Å². The molecule has 0 aliphatic heterocycles. The number of carbonyl (C=O) groups is 1. The first kappa shape index (κ1) is 15.2. The van der Waals surface area contributed by atoms with Crippen molar-refractivity contribution >= 4 is 5.91 Å². The first-order valence-electron chi connectivity index (χ1n) is 6.86. The number of aliphatic hydroxyl groups is 1. The van der Waals surface area contributed by atoms with Crippen LogP contribution in [0.1, 0.15) is 39.5 Å². The van der Waals surface area contributed by atoms with Gasteiger partial charge >= 0.3 is 0 Å². The molecule has 0 aromatic rings. The third-order valence-corrected chi connectivity index (χ3v) is 3.49. The molecule has 1 N–H and O–H groups in total. The molecule has 0 atom stereocenters. The Morgan fingerprint density at radius 3 is 2.72 bits per heavy atom. The number of rotatable bonds is 7. The SMILES string of the molecule is CC(C)N(CCCO)CC(=O)N(C)C1=CCCC1. The van der Waals surface area contributed by atoms with Gasteiger partial charge in [-0.05, 0) is 39.5 Å². The Morgan fingerprint density at radius 1 is 1.50 bits per heavy atom. The molecule has 0 bridgehead atoms. The summed E-state index contributed by atoms with van der Waals surface area (Å²) in [7, 11) is 1.87. The molecule has 0 radical (unpaired) electrons. The minimum absolute atomic E-state index is 0.148. The van der Waals surface area contributed by atoms with Gasteiger partial charge < -0.3 is 10.0 Å². The summed E-state index contributed by atoms with van der Waals surface area (Å²) in [5, 5.41) is 8.88. The zero-order chi connectivity index (χ0) is 13.5. The lowest BCUT2D eigenvalue weighted by Crippen LogP contribution is -2.41. The van der Waals surface area contributed by atoms with Crippen LogP contribution in [0.15, 0.2) is 11.8 Å². The van der Waals surface area contributed by atoms with Gasteiger partial charge in [-0.1, -0.05) is 6.08 Å². The molecular formula is C14H26N2O2. The summed E-state index contributed by atoms with van der Waals surface area (Å²) in [6.45, 7) is 5.55. The minimum Gasteiger partial charge on any atom is -0.396 e. The highest BCUT2D eigenvalue weighted by molar-refractivity contribution is 5.79. The summed E-state index contributed by atoms with van der Waals surface area (Å²) in [6, 6.07) is 0.325. The van der Waals surface area contributed by atoms with Crippen molar-refractivity contribution in [2.45, 2.75) is 45.6 Å². The maximum Gasteiger partial charge on any atom is 0.240 e. The maximum absolute atomic E-state index is 12.2. The van der Waals surface area contributed by atoms with Crippen molar-refractivity contribution in [3.05, 3.63) is 11.8 Å². The highest BCUT2D eigenvalue weighted by atomic mass is 16.3. The predicted octanol–water partition coefficient (Wildman–Crippen LogP) is 1.61. The van der Waals surface area contributed by atoms with E-state index in [0.717, 1.165) is 37.9 Å². The van der Waals surface area contributed by atoms with Gasteiger partial charge in [-0.25, -0.2) is 0 Å². The predicted molar refractivity (Wildman–Crippen MR) is 73.1 cm³/mol. The highest BCUT2D eigenvalue weighted by Crippen LogP contribution is 2.20. The Kier molecular flexibility index (Phi) is 6.36. The first-order chi connectivity index (χ1) is 8.56. The fourth-order valence-corrected chi connectivity index (χ4v) is 2.19. The number of aliphatic hydroxyl groups excluding tert-OH is 1. The van der Waals surface area contributed by atoms with Crippen molar-refractivity contribution < 1.29 is 9.90 Å². The monoisotopic (exact) mass is 254 g/mol. The molecular weight excluding hydrogens is 228 g/mol. The van der Waals surface area contributed by atoms with E-state index in [0.29, 0.717) is 12.6 Å². The lowest BCUT2D eigenvalue weighted by molar-refractivity contribution is -0.130. The number of nitrogens with zero attached hydrogens (tertiary/aromatic N) is 2. The zero-order valence-electron chi connectivity index (χ0n) is 11.9. The summed E-state index contributed by atoms with van der Waals surface area (Å²) in [4.78, 5) is 16.1. The summed E-state index contributed by atoms with van der Waals surface area (Å²) in [6.07, 6.45) is 6.14. The smallest absolute Gasteiger partial charge is 0.240 e. The molecule has 0 spiro atoms. The topological polar surface area (TPSA) is 43.8 Å². The third kappa shape index (κ3) is 4.42. The molecule has 1 rings (SSSR count). The van der Waals surface area contributed by atoms with Gasteiger partial charge in [0.1, 0.15) is 0 Å². The van der Waals surface area contributed by atoms with Crippen LogP contribution in [-0.2, 0) is 4.79 Å². The van der Waals surface area contributed by atoms with Crippen LogP contribution in [-0.4, -0.2) is 53.6 Å². The molecule has 18 heavy (non-hydrogen) atoms. The van der Waals surface area contributed by atoms with Gasteiger partial charge in [0.05, 0.1) is 6.54 Å². The van der Waals surface area contributed by atoms with Crippen molar-refractivity contribution in [1.82, 2.24) is 9.80 Å². The standard InChI is InChI=1S/C14H26N2O2/c1-12(2)16(9-6-10-17)11-14(18)15(3)13-7-4-5-8-13/h7,12,17H,4-6,8-11H2,1-3H3. The Labute approximate surface area is 110 Å². The lowest BCUT2D eigenvalue weighted by atomic mass is 10.2. The number of hydrogen-bond acceptors (Lipinski definition) is 3. The molecule has 1 aliphatic carbocycles. The Hall–Kier alpha value is -0.870. The lowest BCUT2D eigenvalue weighted by Gasteiger charge is -2.28. The zero-order valence-corrected chi connectivity index (χ0v) is 11.9. The molecule has 1 amide bonds. The van der Waals surface area contributed by atoms with Gasteiger partial charge in [0, 0.05) is 31.9 Å². The number of hydrogen-bond donors (Lipinski definition) is 1. The van der Waals surface area contributed by atoms with Crippen LogP contribution in [0.4, 0.5) is 0 Å². The molecule has 4 heteroatoms. The summed E-state index contributed by atoms with van der Waals surface area (Å²) >= 11 is 0. The second-order valence-electron chi connectivity index (χ2n) is 5.18. The molecule has 0 heterocycles. The first-order valence-corrected chi connectivity index (χ1v) is 6.86. The van der Waals surface area contributed by atoms with E-state index in [-0.39, 0.29) is 12.5 Å². The van der Waals surface area contributed by atoms with E-state index in [2.05, 4.69) is 24.8 Å². The quantitative estimate of drug-likeness (QED) is 0.750. The van der Waals surface area contributed by atoms with Crippen LogP contribution >= 0.6 is 0 Å². The van der Waals surface area contributed by atoms with Gasteiger partial charge in [-0.3, -0.25) is 9.69 Å². The third-order valence-electron chi connectivity index (χ3n) is 3.49. The molecule has 0 fully saturated rings. The van der Waals surface area contributed by atoms with Crippen molar-refractivity contribution in [1.29, 1.82) is 0 Å². The van der Waals surface area contributed by atoms with Crippen molar-refractivity contribution in [3.8, 4) is 0 Å². The Bertz CT molecular complexity index is 300. The van der Waals surface area contributed by atoms with E-state index in [1.807, 2.05) is 7.05 Å². The van der Waals surface area contributed by atoms with Crippen LogP contribution in [0.2, 0.25) is 0 Å². The maximum atomic E-state index is 12.2. The molecule has 1 aliphatic rings. The molecule has 0 aromatic carbocycles. The molecule has 0 unspecified atom stereocenters. The summed E-state index contributed by atoms with van der Waals surface area (Å²) in [5.74, 6) is 0.148. The molecule has 104 valence electrons. The number of allylic oxidation sites excluding steroid dienone is 2. The molecule has 4 nitrogen and oxygen atoms in total. The van der Waals surface area contributed by atoms with E-state index >= 15 is 0 Å². The van der Waals surface area contributed by atoms with Crippen LogP contribution in [0.25, 0.3) is 0 Å².